The average Bonchev–Trinajstić information content (AvgIpc) is 3.13. The van der Waals surface area contributed by atoms with Crippen molar-refractivity contribution in [1.29, 1.82) is 0 Å². The average molecular weight is 410 g/mol. The molecular formula is C18H15ClF3N5O. The number of nitrogens with one attached hydrogen (secondary N) is 1. The second-order valence-corrected chi connectivity index (χ2v) is 6.48. The van der Waals surface area contributed by atoms with Crippen molar-refractivity contribution in [3.05, 3.63) is 70.8 Å². The summed E-state index contributed by atoms with van der Waals surface area (Å²) in [7, 11) is 0. The van der Waals surface area contributed by atoms with E-state index < -0.39 is 23.3 Å². The van der Waals surface area contributed by atoms with E-state index in [-0.39, 0.29) is 18.4 Å². The number of carbonyl (C=O) groups excluding carboxylic acids is 1. The molecule has 3 rings (SSSR count). The van der Waals surface area contributed by atoms with Crippen molar-refractivity contribution in [1.82, 2.24) is 25.1 Å². The predicted octanol–water partition coefficient (Wildman–Crippen LogP) is 3.87. The van der Waals surface area contributed by atoms with Crippen LogP contribution in [0.15, 0.2) is 48.9 Å². The van der Waals surface area contributed by atoms with Gasteiger partial charge in [0.05, 0.1) is 5.56 Å². The zero-order valence-corrected chi connectivity index (χ0v) is 15.4. The summed E-state index contributed by atoms with van der Waals surface area (Å²) < 4.78 is 40.8. The third-order valence-electron chi connectivity index (χ3n) is 3.99. The van der Waals surface area contributed by atoms with Gasteiger partial charge in [-0.05, 0) is 29.7 Å². The lowest BCUT2D eigenvalue weighted by Gasteiger charge is -2.13. The number of alkyl halides is 3. The van der Waals surface area contributed by atoms with E-state index >= 15 is 0 Å². The third-order valence-corrected chi connectivity index (χ3v) is 4.24. The highest BCUT2D eigenvalue weighted by atomic mass is 35.5. The molecule has 3 aromatic rings. The topological polar surface area (TPSA) is 72.7 Å². The Balaban J connectivity index is 1.80. The molecule has 1 N–H and O–H groups in total. The van der Waals surface area contributed by atoms with Crippen molar-refractivity contribution in [2.75, 3.05) is 6.54 Å². The highest BCUT2D eigenvalue weighted by Crippen LogP contribution is 2.31. The van der Waals surface area contributed by atoms with Crippen molar-refractivity contribution in [2.24, 2.45) is 0 Å². The first kappa shape index (κ1) is 19.8. The minimum atomic E-state index is -4.80. The minimum Gasteiger partial charge on any atom is -0.351 e. The Morgan fingerprint density at radius 1 is 1.21 bits per heavy atom. The summed E-state index contributed by atoms with van der Waals surface area (Å²) in [6, 6.07) is 8.53. The van der Waals surface area contributed by atoms with Gasteiger partial charge in [0.2, 0.25) is 5.95 Å². The number of halogens is 4. The Kier molecular flexibility index (Phi) is 5.64. The maximum Gasteiger partial charge on any atom is 0.435 e. The number of carbonyl (C=O) groups is 1. The van der Waals surface area contributed by atoms with E-state index in [0.29, 0.717) is 5.02 Å². The van der Waals surface area contributed by atoms with E-state index in [1.807, 2.05) is 6.92 Å². The fourth-order valence-corrected chi connectivity index (χ4v) is 2.64. The molecule has 1 amide bonds. The predicted molar refractivity (Wildman–Crippen MR) is 96.4 cm³/mol. The van der Waals surface area contributed by atoms with E-state index in [1.54, 1.807) is 24.3 Å². The van der Waals surface area contributed by atoms with Crippen LogP contribution >= 0.6 is 11.6 Å². The molecule has 2 heterocycles. The summed E-state index contributed by atoms with van der Waals surface area (Å²) in [6.45, 7) is 1.99. The summed E-state index contributed by atoms with van der Waals surface area (Å²) in [5.74, 6) is -1.07. The molecule has 6 nitrogen and oxygen atoms in total. The van der Waals surface area contributed by atoms with Gasteiger partial charge in [-0.25, -0.2) is 14.6 Å². The lowest BCUT2D eigenvalue weighted by molar-refractivity contribution is -0.141. The number of hydrogen-bond acceptors (Lipinski definition) is 4. The molecule has 28 heavy (non-hydrogen) atoms. The Morgan fingerprint density at radius 3 is 2.46 bits per heavy atom. The second-order valence-electron chi connectivity index (χ2n) is 6.05. The third kappa shape index (κ3) is 4.48. The van der Waals surface area contributed by atoms with Crippen molar-refractivity contribution in [3.63, 3.8) is 0 Å². The van der Waals surface area contributed by atoms with Crippen LogP contribution in [0.2, 0.25) is 5.02 Å². The summed E-state index contributed by atoms with van der Waals surface area (Å²) in [5.41, 5.74) is -0.992. The van der Waals surface area contributed by atoms with Crippen molar-refractivity contribution >= 4 is 17.5 Å². The second kappa shape index (κ2) is 7.97. The monoisotopic (exact) mass is 409 g/mol. The molecule has 1 unspecified atom stereocenters. The SMILES string of the molecule is CC(CNC(=O)c1cn(-c2ncccn2)nc1C(F)(F)F)c1ccc(Cl)cc1. The van der Waals surface area contributed by atoms with Gasteiger partial charge in [-0.2, -0.15) is 18.3 Å². The van der Waals surface area contributed by atoms with E-state index in [0.717, 1.165) is 16.4 Å². The standard InChI is InChI=1S/C18H15ClF3N5O/c1-11(12-3-5-13(19)6-4-12)9-25-16(28)14-10-27(17-23-7-2-8-24-17)26-15(14)18(20,21)22/h2-8,10-11H,9H2,1H3,(H,25,28). The van der Waals surface area contributed by atoms with Crippen LogP contribution in [-0.4, -0.2) is 32.2 Å². The van der Waals surface area contributed by atoms with E-state index in [2.05, 4.69) is 20.4 Å². The summed E-state index contributed by atoms with van der Waals surface area (Å²) in [5, 5.41) is 6.56. The van der Waals surface area contributed by atoms with E-state index in [1.165, 1.54) is 18.5 Å². The number of hydrogen-bond donors (Lipinski definition) is 1. The van der Waals surface area contributed by atoms with Crippen molar-refractivity contribution in [2.45, 2.75) is 19.0 Å². The Morgan fingerprint density at radius 2 is 1.86 bits per heavy atom. The number of amides is 1. The molecule has 0 fully saturated rings. The maximum absolute atomic E-state index is 13.3. The molecule has 2 aromatic heterocycles. The first-order valence-corrected chi connectivity index (χ1v) is 8.61. The molecule has 0 aliphatic rings. The minimum absolute atomic E-state index is 0.0680. The Hall–Kier alpha value is -2.94. The first-order valence-electron chi connectivity index (χ1n) is 8.23. The molecule has 0 bridgehead atoms. The highest BCUT2D eigenvalue weighted by Gasteiger charge is 2.39. The fraction of sp³-hybridized carbons (Fsp3) is 0.222. The molecule has 1 aromatic carbocycles. The lowest BCUT2D eigenvalue weighted by Crippen LogP contribution is -2.29. The zero-order chi connectivity index (χ0) is 20.3. The number of benzene rings is 1. The van der Waals surface area contributed by atoms with Gasteiger partial charge in [-0.15, -0.1) is 0 Å². The van der Waals surface area contributed by atoms with E-state index in [4.69, 9.17) is 11.6 Å². The number of aromatic nitrogens is 4. The molecule has 0 saturated carbocycles. The molecule has 0 radical (unpaired) electrons. The van der Waals surface area contributed by atoms with Gasteiger partial charge >= 0.3 is 6.18 Å². The lowest BCUT2D eigenvalue weighted by atomic mass is 10.0. The largest absolute Gasteiger partial charge is 0.435 e. The highest BCUT2D eigenvalue weighted by molar-refractivity contribution is 6.30. The zero-order valence-electron chi connectivity index (χ0n) is 14.6. The van der Waals surface area contributed by atoms with Crippen LogP contribution in [0.3, 0.4) is 0 Å². The van der Waals surface area contributed by atoms with Gasteiger partial charge < -0.3 is 5.32 Å². The molecule has 1 atom stereocenters. The summed E-state index contributed by atoms with van der Waals surface area (Å²) in [6.07, 6.45) is -1.09. The Bertz CT molecular complexity index is 958. The van der Waals surface area contributed by atoms with Gasteiger partial charge in [-0.3, -0.25) is 4.79 Å². The van der Waals surface area contributed by atoms with Crippen molar-refractivity contribution in [3.8, 4) is 5.95 Å². The van der Waals surface area contributed by atoms with Gasteiger partial charge in [0.1, 0.15) is 0 Å². The van der Waals surface area contributed by atoms with Crippen LogP contribution in [0.4, 0.5) is 13.2 Å². The Labute approximate surface area is 163 Å². The fourth-order valence-electron chi connectivity index (χ4n) is 2.51. The van der Waals surface area contributed by atoms with Gasteiger partial charge in [-0.1, -0.05) is 30.7 Å². The number of rotatable bonds is 5. The molecule has 0 saturated heterocycles. The first-order chi connectivity index (χ1) is 13.3. The summed E-state index contributed by atoms with van der Waals surface area (Å²) in [4.78, 5) is 20.1. The smallest absolute Gasteiger partial charge is 0.351 e. The maximum atomic E-state index is 13.3. The molecular weight excluding hydrogens is 395 g/mol. The molecule has 0 aliphatic heterocycles. The van der Waals surface area contributed by atoms with Gasteiger partial charge in [0.25, 0.3) is 5.91 Å². The quantitative estimate of drug-likeness (QED) is 0.694. The number of nitrogens with zero attached hydrogens (tertiary/aromatic N) is 4. The molecule has 0 aliphatic carbocycles. The van der Waals surface area contributed by atoms with Crippen LogP contribution in [-0.2, 0) is 6.18 Å². The van der Waals surface area contributed by atoms with Gasteiger partial charge in [0.15, 0.2) is 5.69 Å². The normalized spacial score (nSPS) is 12.6. The van der Waals surface area contributed by atoms with E-state index in [9.17, 15) is 18.0 Å². The molecule has 146 valence electrons. The van der Waals surface area contributed by atoms with Crippen LogP contribution in [0.1, 0.15) is 34.5 Å². The van der Waals surface area contributed by atoms with Crippen molar-refractivity contribution < 1.29 is 18.0 Å². The summed E-state index contributed by atoms with van der Waals surface area (Å²) >= 11 is 5.84. The molecule has 0 spiro atoms. The molecule has 10 heteroatoms. The van der Waals surface area contributed by atoms with Gasteiger partial charge in [0, 0.05) is 30.2 Å². The van der Waals surface area contributed by atoms with Crippen LogP contribution in [0.25, 0.3) is 5.95 Å². The van der Waals surface area contributed by atoms with Crippen LogP contribution < -0.4 is 5.32 Å². The van der Waals surface area contributed by atoms with Crippen LogP contribution in [0.5, 0.6) is 0 Å². The van der Waals surface area contributed by atoms with Crippen LogP contribution in [0, 0.1) is 0 Å².